The van der Waals surface area contributed by atoms with Crippen molar-refractivity contribution in [1.82, 2.24) is 9.78 Å². The van der Waals surface area contributed by atoms with Crippen molar-refractivity contribution in [3.8, 4) is 5.69 Å². The molecule has 1 aromatic carbocycles. The zero-order chi connectivity index (χ0) is 12.4. The molecule has 1 aromatic heterocycles. The third-order valence-electron chi connectivity index (χ3n) is 2.23. The van der Waals surface area contributed by atoms with Gasteiger partial charge in [0, 0.05) is 7.11 Å². The Labute approximate surface area is 108 Å². The Hall–Kier alpha value is -1.17. The number of aromatic nitrogens is 2. The van der Waals surface area contributed by atoms with Gasteiger partial charge >= 0.3 is 0 Å². The molecule has 0 saturated carbocycles. The molecule has 0 aliphatic carbocycles. The predicted octanol–water partition coefficient (Wildman–Crippen LogP) is 3.47. The molecule has 0 fully saturated rings. The Kier molecular flexibility index (Phi) is 3.61. The minimum absolute atomic E-state index is 0.224. The fourth-order valence-electron chi connectivity index (χ4n) is 1.54. The lowest BCUT2D eigenvalue weighted by atomic mass is 10.3. The summed E-state index contributed by atoms with van der Waals surface area (Å²) in [6.07, 6.45) is 0. The van der Waals surface area contributed by atoms with E-state index in [0.717, 1.165) is 5.69 Å². The van der Waals surface area contributed by atoms with Crippen molar-refractivity contribution in [2.45, 2.75) is 6.61 Å². The Morgan fingerprint density at radius 3 is 2.94 bits per heavy atom. The molecule has 1 N–H and O–H groups in total. The molecule has 2 aromatic rings. The van der Waals surface area contributed by atoms with Crippen molar-refractivity contribution in [2.75, 3.05) is 7.11 Å². The number of H-pyrrole nitrogens is 1. The van der Waals surface area contributed by atoms with Gasteiger partial charge in [-0.1, -0.05) is 29.9 Å². The maximum absolute atomic E-state index is 13.7. The lowest BCUT2D eigenvalue weighted by Gasteiger charge is -2.06. The monoisotopic (exact) mass is 272 g/mol. The van der Waals surface area contributed by atoms with E-state index in [0.29, 0.717) is 16.3 Å². The average molecular weight is 273 g/mol. The Balaban J connectivity index is 2.57. The molecular weight excluding hydrogens is 263 g/mol. The summed E-state index contributed by atoms with van der Waals surface area (Å²) in [6.45, 7) is 0.378. The van der Waals surface area contributed by atoms with Gasteiger partial charge in [-0.3, -0.25) is 5.10 Å². The molecule has 0 amide bonds. The highest BCUT2D eigenvalue weighted by Crippen LogP contribution is 2.23. The SMILES string of the molecule is COCc1cc(=S)n(-c2c(F)cccc2Cl)[nH]1. The molecule has 0 aliphatic rings. The smallest absolute Gasteiger partial charge is 0.150 e. The molecule has 0 spiro atoms. The quantitative estimate of drug-likeness (QED) is 0.867. The van der Waals surface area contributed by atoms with Gasteiger partial charge < -0.3 is 4.74 Å². The van der Waals surface area contributed by atoms with Crippen LogP contribution in [0.5, 0.6) is 0 Å². The molecule has 2 rings (SSSR count). The van der Waals surface area contributed by atoms with Gasteiger partial charge in [0.05, 0.1) is 17.3 Å². The second-order valence-electron chi connectivity index (χ2n) is 3.46. The van der Waals surface area contributed by atoms with E-state index in [9.17, 15) is 4.39 Å². The van der Waals surface area contributed by atoms with Crippen LogP contribution in [0, 0.1) is 10.5 Å². The van der Waals surface area contributed by atoms with Crippen LogP contribution >= 0.6 is 23.8 Å². The van der Waals surface area contributed by atoms with Crippen molar-refractivity contribution >= 4 is 23.8 Å². The number of aromatic amines is 1. The summed E-state index contributed by atoms with van der Waals surface area (Å²) in [5, 5.41) is 3.24. The van der Waals surface area contributed by atoms with E-state index in [1.165, 1.54) is 10.7 Å². The van der Waals surface area contributed by atoms with Crippen LogP contribution in [0.4, 0.5) is 4.39 Å². The number of nitrogens with zero attached hydrogens (tertiary/aromatic N) is 1. The maximum Gasteiger partial charge on any atom is 0.150 e. The van der Waals surface area contributed by atoms with Crippen LogP contribution in [-0.4, -0.2) is 16.9 Å². The molecule has 0 unspecified atom stereocenters. The van der Waals surface area contributed by atoms with E-state index in [2.05, 4.69) is 5.10 Å². The van der Waals surface area contributed by atoms with E-state index in [4.69, 9.17) is 28.6 Å². The first-order valence-electron chi connectivity index (χ1n) is 4.87. The fourth-order valence-corrected chi connectivity index (χ4v) is 2.07. The second-order valence-corrected chi connectivity index (χ2v) is 4.28. The molecule has 0 aliphatic heterocycles. The largest absolute Gasteiger partial charge is 0.378 e. The minimum Gasteiger partial charge on any atom is -0.378 e. The summed E-state index contributed by atoms with van der Waals surface area (Å²) in [5.41, 5.74) is 0.985. The topological polar surface area (TPSA) is 29.9 Å². The average Bonchev–Trinajstić information content (AvgIpc) is 2.60. The van der Waals surface area contributed by atoms with E-state index in [1.54, 1.807) is 25.3 Å². The second kappa shape index (κ2) is 5.00. The molecule has 17 heavy (non-hydrogen) atoms. The van der Waals surface area contributed by atoms with Crippen LogP contribution < -0.4 is 0 Å². The van der Waals surface area contributed by atoms with Crippen LogP contribution in [0.25, 0.3) is 5.69 Å². The van der Waals surface area contributed by atoms with Gasteiger partial charge in [0.25, 0.3) is 0 Å². The number of benzene rings is 1. The summed E-state index contributed by atoms with van der Waals surface area (Å²) in [7, 11) is 1.57. The van der Waals surface area contributed by atoms with E-state index >= 15 is 0 Å². The summed E-state index contributed by atoms with van der Waals surface area (Å²) in [5.74, 6) is -0.431. The van der Waals surface area contributed by atoms with Crippen LogP contribution in [0.15, 0.2) is 24.3 Å². The first-order chi connectivity index (χ1) is 8.13. The number of methoxy groups -OCH3 is 1. The molecule has 0 radical (unpaired) electrons. The van der Waals surface area contributed by atoms with Gasteiger partial charge in [0.2, 0.25) is 0 Å². The highest BCUT2D eigenvalue weighted by Gasteiger charge is 2.11. The van der Waals surface area contributed by atoms with Crippen LogP contribution in [0.1, 0.15) is 5.69 Å². The number of hydrogen-bond donors (Lipinski definition) is 1. The van der Waals surface area contributed by atoms with Gasteiger partial charge in [-0.25, -0.2) is 9.07 Å². The molecule has 6 heteroatoms. The van der Waals surface area contributed by atoms with Crippen LogP contribution in [0.2, 0.25) is 5.02 Å². The maximum atomic E-state index is 13.7. The van der Waals surface area contributed by atoms with Gasteiger partial charge in [0.1, 0.15) is 16.1 Å². The molecule has 0 saturated heterocycles. The normalized spacial score (nSPS) is 10.8. The first-order valence-corrected chi connectivity index (χ1v) is 5.66. The third-order valence-corrected chi connectivity index (χ3v) is 2.84. The standard InChI is InChI=1S/C11H10ClFN2OS/c1-16-6-7-5-10(17)15(14-7)11-8(12)3-2-4-9(11)13/h2-5,14H,6H2,1H3. The number of hydrogen-bond acceptors (Lipinski definition) is 2. The highest BCUT2D eigenvalue weighted by molar-refractivity contribution is 7.71. The lowest BCUT2D eigenvalue weighted by molar-refractivity contribution is 0.181. The first kappa shape index (κ1) is 12.3. The molecular formula is C11H10ClFN2OS. The van der Waals surface area contributed by atoms with Crippen molar-refractivity contribution in [2.24, 2.45) is 0 Å². The molecule has 3 nitrogen and oxygen atoms in total. The van der Waals surface area contributed by atoms with Crippen molar-refractivity contribution in [3.05, 3.63) is 45.4 Å². The Bertz CT molecular complexity index is 573. The van der Waals surface area contributed by atoms with Crippen molar-refractivity contribution < 1.29 is 9.13 Å². The van der Waals surface area contributed by atoms with Crippen LogP contribution in [0.3, 0.4) is 0 Å². The van der Waals surface area contributed by atoms with E-state index in [1.807, 2.05) is 0 Å². The summed E-state index contributed by atoms with van der Waals surface area (Å²) >= 11 is 11.1. The third kappa shape index (κ3) is 2.41. The number of ether oxygens (including phenoxy) is 1. The Morgan fingerprint density at radius 2 is 2.29 bits per heavy atom. The van der Waals surface area contributed by atoms with Crippen LogP contribution in [-0.2, 0) is 11.3 Å². The number of nitrogens with one attached hydrogen (secondary N) is 1. The number of rotatable bonds is 3. The minimum atomic E-state index is -0.431. The summed E-state index contributed by atoms with van der Waals surface area (Å²) in [6, 6.07) is 6.20. The van der Waals surface area contributed by atoms with E-state index in [-0.39, 0.29) is 5.69 Å². The molecule has 0 atom stereocenters. The van der Waals surface area contributed by atoms with Gasteiger partial charge in [-0.05, 0) is 18.2 Å². The van der Waals surface area contributed by atoms with Gasteiger partial charge in [0.15, 0.2) is 0 Å². The fraction of sp³-hybridized carbons (Fsp3) is 0.182. The van der Waals surface area contributed by atoms with Gasteiger partial charge in [-0.2, -0.15) is 0 Å². The van der Waals surface area contributed by atoms with E-state index < -0.39 is 5.82 Å². The number of halogens is 2. The predicted molar refractivity (Wildman–Crippen MR) is 66.6 cm³/mol. The lowest BCUT2D eigenvalue weighted by Crippen LogP contribution is -2.02. The Morgan fingerprint density at radius 1 is 1.53 bits per heavy atom. The number of para-hydroxylation sites is 1. The molecule has 1 heterocycles. The van der Waals surface area contributed by atoms with Crippen molar-refractivity contribution in [3.63, 3.8) is 0 Å². The van der Waals surface area contributed by atoms with Crippen molar-refractivity contribution in [1.29, 1.82) is 0 Å². The summed E-state index contributed by atoms with van der Waals surface area (Å²) in [4.78, 5) is 0. The molecule has 0 bridgehead atoms. The zero-order valence-electron chi connectivity index (χ0n) is 9.04. The van der Waals surface area contributed by atoms with Gasteiger partial charge in [-0.15, -0.1) is 0 Å². The zero-order valence-corrected chi connectivity index (χ0v) is 10.6. The highest BCUT2D eigenvalue weighted by atomic mass is 35.5. The summed E-state index contributed by atoms with van der Waals surface area (Å²) < 4.78 is 20.6. The molecule has 90 valence electrons.